The fourth-order valence-corrected chi connectivity index (χ4v) is 2.07. The molecular formula is C17H19FN2O3. The summed E-state index contributed by atoms with van der Waals surface area (Å²) >= 11 is 0. The molecule has 0 saturated heterocycles. The summed E-state index contributed by atoms with van der Waals surface area (Å²) in [6.07, 6.45) is -0.302. The molecule has 0 heterocycles. The maximum atomic E-state index is 12.8. The largest absolute Gasteiger partial charge is 0.497 e. The monoisotopic (exact) mass is 318 g/mol. The van der Waals surface area contributed by atoms with E-state index in [2.05, 4.69) is 10.6 Å². The van der Waals surface area contributed by atoms with Crippen molar-refractivity contribution in [1.82, 2.24) is 5.32 Å². The van der Waals surface area contributed by atoms with Gasteiger partial charge in [-0.15, -0.1) is 0 Å². The summed E-state index contributed by atoms with van der Waals surface area (Å²) in [4.78, 5) is 11.9. The van der Waals surface area contributed by atoms with Crippen molar-refractivity contribution in [1.29, 1.82) is 0 Å². The summed E-state index contributed by atoms with van der Waals surface area (Å²) < 4.78 is 23.4. The molecular weight excluding hydrogens is 299 g/mol. The van der Waals surface area contributed by atoms with Gasteiger partial charge in [-0.05, 0) is 42.0 Å². The SMILES string of the molecule is COc1cccc([C@H](CNC(=O)Nc2ccc(F)cc2)OC)c1. The van der Waals surface area contributed by atoms with Crippen LogP contribution in [0.1, 0.15) is 11.7 Å². The highest BCUT2D eigenvalue weighted by Gasteiger charge is 2.13. The van der Waals surface area contributed by atoms with Crippen LogP contribution in [0.15, 0.2) is 48.5 Å². The van der Waals surface area contributed by atoms with E-state index >= 15 is 0 Å². The molecule has 5 nitrogen and oxygen atoms in total. The molecule has 2 aromatic carbocycles. The molecule has 0 aliphatic heterocycles. The van der Waals surface area contributed by atoms with Gasteiger partial charge in [-0.3, -0.25) is 0 Å². The lowest BCUT2D eigenvalue weighted by Crippen LogP contribution is -2.32. The molecule has 1 atom stereocenters. The molecule has 0 saturated carbocycles. The number of hydrogen-bond acceptors (Lipinski definition) is 3. The van der Waals surface area contributed by atoms with E-state index < -0.39 is 0 Å². The lowest BCUT2D eigenvalue weighted by molar-refractivity contribution is 0.104. The first-order valence-electron chi connectivity index (χ1n) is 7.09. The number of amides is 2. The Labute approximate surface area is 134 Å². The zero-order valence-electron chi connectivity index (χ0n) is 13.0. The summed E-state index contributed by atoms with van der Waals surface area (Å²) in [6, 6.07) is 12.6. The van der Waals surface area contributed by atoms with Crippen LogP contribution in [0.2, 0.25) is 0 Å². The number of rotatable bonds is 6. The highest BCUT2D eigenvalue weighted by atomic mass is 19.1. The summed E-state index contributed by atoms with van der Waals surface area (Å²) in [5, 5.41) is 5.35. The number of halogens is 1. The zero-order valence-corrected chi connectivity index (χ0v) is 13.0. The predicted octanol–water partition coefficient (Wildman–Crippen LogP) is 3.34. The van der Waals surface area contributed by atoms with Gasteiger partial charge in [0, 0.05) is 19.3 Å². The number of urea groups is 1. The second-order valence-electron chi connectivity index (χ2n) is 4.84. The van der Waals surface area contributed by atoms with E-state index in [1.807, 2.05) is 24.3 Å². The van der Waals surface area contributed by atoms with Crippen LogP contribution in [0.4, 0.5) is 14.9 Å². The van der Waals surface area contributed by atoms with Crippen LogP contribution in [0, 0.1) is 5.82 Å². The summed E-state index contributed by atoms with van der Waals surface area (Å²) in [6.45, 7) is 0.288. The smallest absolute Gasteiger partial charge is 0.319 e. The second-order valence-corrected chi connectivity index (χ2v) is 4.84. The van der Waals surface area contributed by atoms with E-state index in [-0.39, 0.29) is 24.5 Å². The van der Waals surface area contributed by atoms with Crippen molar-refractivity contribution in [2.24, 2.45) is 0 Å². The molecule has 23 heavy (non-hydrogen) atoms. The zero-order chi connectivity index (χ0) is 16.7. The third-order valence-corrected chi connectivity index (χ3v) is 3.30. The molecule has 0 aromatic heterocycles. The van der Waals surface area contributed by atoms with Gasteiger partial charge in [0.15, 0.2) is 0 Å². The van der Waals surface area contributed by atoms with Gasteiger partial charge >= 0.3 is 6.03 Å². The third kappa shape index (κ3) is 4.96. The lowest BCUT2D eigenvalue weighted by atomic mass is 10.1. The van der Waals surface area contributed by atoms with E-state index in [1.165, 1.54) is 24.3 Å². The maximum Gasteiger partial charge on any atom is 0.319 e. The Hall–Kier alpha value is -2.60. The van der Waals surface area contributed by atoms with Crippen LogP contribution in [-0.2, 0) is 4.74 Å². The number of ether oxygens (including phenoxy) is 2. The maximum absolute atomic E-state index is 12.8. The molecule has 2 rings (SSSR count). The molecule has 0 spiro atoms. The molecule has 0 aliphatic carbocycles. The second kappa shape index (κ2) is 8.14. The van der Waals surface area contributed by atoms with E-state index in [4.69, 9.17) is 9.47 Å². The van der Waals surface area contributed by atoms with Crippen molar-refractivity contribution >= 4 is 11.7 Å². The minimum absolute atomic E-state index is 0.288. The van der Waals surface area contributed by atoms with Gasteiger partial charge in [-0.2, -0.15) is 0 Å². The van der Waals surface area contributed by atoms with Crippen LogP contribution in [0.25, 0.3) is 0 Å². The summed E-state index contributed by atoms with van der Waals surface area (Å²) in [5.41, 5.74) is 1.41. The minimum atomic E-state index is -0.387. The Morgan fingerprint density at radius 3 is 2.57 bits per heavy atom. The standard InChI is InChI=1S/C17H19FN2O3/c1-22-15-5-3-4-12(10-15)16(23-2)11-19-17(21)20-14-8-6-13(18)7-9-14/h3-10,16H,11H2,1-2H3,(H2,19,20,21)/t16-/m0/s1. The minimum Gasteiger partial charge on any atom is -0.497 e. The summed E-state index contributed by atoms with van der Waals surface area (Å²) in [7, 11) is 3.17. The number of hydrogen-bond donors (Lipinski definition) is 2. The van der Waals surface area contributed by atoms with Crippen molar-refractivity contribution in [3.63, 3.8) is 0 Å². The molecule has 2 aromatic rings. The van der Waals surface area contributed by atoms with E-state index in [1.54, 1.807) is 14.2 Å². The first-order valence-corrected chi connectivity index (χ1v) is 7.09. The van der Waals surface area contributed by atoms with Crippen molar-refractivity contribution < 1.29 is 18.7 Å². The number of nitrogens with one attached hydrogen (secondary N) is 2. The van der Waals surface area contributed by atoms with Crippen LogP contribution >= 0.6 is 0 Å². The molecule has 0 unspecified atom stereocenters. The number of benzene rings is 2. The molecule has 2 N–H and O–H groups in total. The number of methoxy groups -OCH3 is 2. The van der Waals surface area contributed by atoms with E-state index in [0.29, 0.717) is 5.69 Å². The van der Waals surface area contributed by atoms with Gasteiger partial charge in [0.05, 0.1) is 13.2 Å². The van der Waals surface area contributed by atoms with Crippen molar-refractivity contribution in [2.75, 3.05) is 26.1 Å². The van der Waals surface area contributed by atoms with Crippen LogP contribution < -0.4 is 15.4 Å². The Morgan fingerprint density at radius 1 is 1.17 bits per heavy atom. The Kier molecular flexibility index (Phi) is 5.94. The highest BCUT2D eigenvalue weighted by Crippen LogP contribution is 2.21. The Bertz CT molecular complexity index is 647. The highest BCUT2D eigenvalue weighted by molar-refractivity contribution is 5.89. The molecule has 6 heteroatoms. The number of carbonyl (C=O) groups is 1. The van der Waals surface area contributed by atoms with Crippen LogP contribution in [-0.4, -0.2) is 26.8 Å². The number of carbonyl (C=O) groups excluding carboxylic acids is 1. The van der Waals surface area contributed by atoms with Gasteiger partial charge in [-0.1, -0.05) is 12.1 Å². The van der Waals surface area contributed by atoms with Gasteiger partial charge in [0.1, 0.15) is 11.6 Å². The molecule has 0 fully saturated rings. The quantitative estimate of drug-likeness (QED) is 0.859. The summed E-state index contributed by atoms with van der Waals surface area (Å²) in [5.74, 6) is 0.369. The first kappa shape index (κ1) is 16.8. The third-order valence-electron chi connectivity index (χ3n) is 3.30. The van der Waals surface area contributed by atoms with E-state index in [0.717, 1.165) is 11.3 Å². The topological polar surface area (TPSA) is 59.6 Å². The fraction of sp³-hybridized carbons (Fsp3) is 0.235. The molecule has 0 radical (unpaired) electrons. The average molecular weight is 318 g/mol. The van der Waals surface area contributed by atoms with Crippen molar-refractivity contribution in [2.45, 2.75) is 6.10 Å². The number of anilines is 1. The Balaban J connectivity index is 1.91. The first-order chi connectivity index (χ1) is 11.1. The van der Waals surface area contributed by atoms with Crippen LogP contribution in [0.3, 0.4) is 0 Å². The predicted molar refractivity (Wildman–Crippen MR) is 86.2 cm³/mol. The van der Waals surface area contributed by atoms with Crippen molar-refractivity contribution in [3.8, 4) is 5.75 Å². The lowest BCUT2D eigenvalue weighted by Gasteiger charge is -2.17. The molecule has 2 amide bonds. The van der Waals surface area contributed by atoms with Gasteiger partial charge in [0.2, 0.25) is 0 Å². The molecule has 0 aliphatic rings. The van der Waals surface area contributed by atoms with Gasteiger partial charge in [0.25, 0.3) is 0 Å². The van der Waals surface area contributed by atoms with Gasteiger partial charge < -0.3 is 20.1 Å². The van der Waals surface area contributed by atoms with Crippen molar-refractivity contribution in [3.05, 3.63) is 59.9 Å². The molecule has 0 bridgehead atoms. The molecule has 122 valence electrons. The normalized spacial score (nSPS) is 11.6. The fourth-order valence-electron chi connectivity index (χ4n) is 2.07. The average Bonchev–Trinajstić information content (AvgIpc) is 2.58. The van der Waals surface area contributed by atoms with Gasteiger partial charge in [-0.25, -0.2) is 9.18 Å². The van der Waals surface area contributed by atoms with E-state index in [9.17, 15) is 9.18 Å². The van der Waals surface area contributed by atoms with Crippen LogP contribution in [0.5, 0.6) is 5.75 Å². The Morgan fingerprint density at radius 2 is 1.91 bits per heavy atom.